The van der Waals surface area contributed by atoms with Crippen molar-refractivity contribution in [2.45, 2.75) is 19.4 Å². The zero-order valence-corrected chi connectivity index (χ0v) is 12.5. The smallest absolute Gasteiger partial charge is 0.0707 e. The standard InChI is InChI=1S/C19H20N2/c1-14-12-16(17-10-6-7-11-18(17)21-14)13-19(20-2)15-8-4-3-5-9-15/h3-12,19-20H,13H2,1-2H3. The molecule has 1 aromatic heterocycles. The summed E-state index contributed by atoms with van der Waals surface area (Å²) in [4.78, 5) is 4.62. The average molecular weight is 276 g/mol. The predicted molar refractivity (Wildman–Crippen MR) is 88.4 cm³/mol. The van der Waals surface area contributed by atoms with Gasteiger partial charge in [0.1, 0.15) is 0 Å². The number of nitrogens with one attached hydrogen (secondary N) is 1. The second kappa shape index (κ2) is 6.06. The monoisotopic (exact) mass is 276 g/mol. The number of fused-ring (bicyclic) bond motifs is 1. The lowest BCUT2D eigenvalue weighted by Gasteiger charge is -2.18. The molecular weight excluding hydrogens is 256 g/mol. The Labute approximate surface area is 125 Å². The molecule has 1 atom stereocenters. The summed E-state index contributed by atoms with van der Waals surface area (Å²) in [6.07, 6.45) is 0.963. The fourth-order valence-electron chi connectivity index (χ4n) is 2.86. The van der Waals surface area contributed by atoms with Gasteiger partial charge in [-0.3, -0.25) is 4.98 Å². The van der Waals surface area contributed by atoms with Crippen LogP contribution in [0, 0.1) is 6.92 Å². The quantitative estimate of drug-likeness (QED) is 0.777. The van der Waals surface area contributed by atoms with Crippen molar-refractivity contribution in [2.75, 3.05) is 7.05 Å². The van der Waals surface area contributed by atoms with Crippen LogP contribution in [0.5, 0.6) is 0 Å². The van der Waals surface area contributed by atoms with Gasteiger partial charge in [-0.1, -0.05) is 48.5 Å². The molecule has 2 heteroatoms. The van der Waals surface area contributed by atoms with Crippen molar-refractivity contribution in [2.24, 2.45) is 0 Å². The summed E-state index contributed by atoms with van der Waals surface area (Å²) >= 11 is 0. The first-order valence-electron chi connectivity index (χ1n) is 7.35. The van der Waals surface area contributed by atoms with E-state index in [0.717, 1.165) is 17.6 Å². The maximum atomic E-state index is 4.62. The van der Waals surface area contributed by atoms with Crippen molar-refractivity contribution in [1.82, 2.24) is 10.3 Å². The minimum Gasteiger partial charge on any atom is -0.313 e. The van der Waals surface area contributed by atoms with E-state index in [1.54, 1.807) is 0 Å². The molecule has 1 heterocycles. The Morgan fingerprint density at radius 1 is 1.00 bits per heavy atom. The minimum absolute atomic E-state index is 0.316. The van der Waals surface area contributed by atoms with Gasteiger partial charge >= 0.3 is 0 Å². The molecule has 2 aromatic carbocycles. The van der Waals surface area contributed by atoms with Crippen LogP contribution in [-0.4, -0.2) is 12.0 Å². The van der Waals surface area contributed by atoms with Crippen LogP contribution >= 0.6 is 0 Å². The van der Waals surface area contributed by atoms with Crippen LogP contribution in [0.15, 0.2) is 60.7 Å². The molecule has 3 rings (SSSR count). The molecular formula is C19H20N2. The number of nitrogens with zero attached hydrogens (tertiary/aromatic N) is 1. The molecule has 0 fully saturated rings. The zero-order chi connectivity index (χ0) is 14.7. The summed E-state index contributed by atoms with van der Waals surface area (Å²) in [6, 6.07) is 21.5. The summed E-state index contributed by atoms with van der Waals surface area (Å²) in [6.45, 7) is 2.06. The van der Waals surface area contributed by atoms with Gasteiger partial charge in [0.25, 0.3) is 0 Å². The van der Waals surface area contributed by atoms with Gasteiger partial charge in [0.15, 0.2) is 0 Å². The van der Waals surface area contributed by atoms with Gasteiger partial charge in [-0.25, -0.2) is 0 Å². The molecule has 0 spiro atoms. The first-order valence-corrected chi connectivity index (χ1v) is 7.35. The third-order valence-electron chi connectivity index (χ3n) is 3.90. The molecule has 0 aliphatic carbocycles. The number of pyridine rings is 1. The lowest BCUT2D eigenvalue weighted by molar-refractivity contribution is 0.593. The van der Waals surface area contributed by atoms with Crippen molar-refractivity contribution in [3.63, 3.8) is 0 Å². The van der Waals surface area contributed by atoms with Crippen molar-refractivity contribution in [1.29, 1.82) is 0 Å². The van der Waals surface area contributed by atoms with E-state index in [0.29, 0.717) is 6.04 Å². The largest absolute Gasteiger partial charge is 0.313 e. The fourth-order valence-corrected chi connectivity index (χ4v) is 2.86. The van der Waals surface area contributed by atoms with Crippen LogP contribution in [0.1, 0.15) is 22.9 Å². The molecule has 0 bridgehead atoms. The Balaban J connectivity index is 2.00. The highest BCUT2D eigenvalue weighted by molar-refractivity contribution is 5.82. The number of hydrogen-bond donors (Lipinski definition) is 1. The summed E-state index contributed by atoms with van der Waals surface area (Å²) < 4.78 is 0. The van der Waals surface area contributed by atoms with Crippen LogP contribution in [0.25, 0.3) is 10.9 Å². The van der Waals surface area contributed by atoms with Crippen LogP contribution in [-0.2, 0) is 6.42 Å². The van der Waals surface area contributed by atoms with Gasteiger partial charge in [-0.05, 0) is 43.7 Å². The van der Waals surface area contributed by atoms with E-state index in [9.17, 15) is 0 Å². The SMILES string of the molecule is CNC(Cc1cc(C)nc2ccccc12)c1ccccc1. The summed E-state index contributed by atoms with van der Waals surface area (Å²) in [5, 5.41) is 4.68. The second-order valence-electron chi connectivity index (χ2n) is 5.40. The van der Waals surface area contributed by atoms with E-state index < -0.39 is 0 Å². The average Bonchev–Trinajstić information content (AvgIpc) is 2.53. The Bertz CT molecular complexity index is 735. The van der Waals surface area contributed by atoms with Gasteiger partial charge in [0, 0.05) is 17.1 Å². The summed E-state index contributed by atoms with van der Waals surface area (Å²) in [5.74, 6) is 0. The summed E-state index contributed by atoms with van der Waals surface area (Å²) in [5.41, 5.74) is 4.82. The molecule has 0 saturated carbocycles. The first-order chi connectivity index (χ1) is 10.3. The number of rotatable bonds is 4. The predicted octanol–water partition coefficient (Wildman–Crippen LogP) is 4.05. The maximum Gasteiger partial charge on any atom is 0.0707 e. The Kier molecular flexibility index (Phi) is 3.98. The molecule has 0 aliphatic heterocycles. The number of hydrogen-bond acceptors (Lipinski definition) is 2. The van der Waals surface area contributed by atoms with Gasteiger partial charge in [-0.2, -0.15) is 0 Å². The van der Waals surface area contributed by atoms with Gasteiger partial charge in [0.2, 0.25) is 0 Å². The van der Waals surface area contributed by atoms with Gasteiger partial charge in [-0.15, -0.1) is 0 Å². The lowest BCUT2D eigenvalue weighted by atomic mass is 9.96. The van der Waals surface area contributed by atoms with E-state index in [-0.39, 0.29) is 0 Å². The lowest BCUT2D eigenvalue weighted by Crippen LogP contribution is -2.19. The van der Waals surface area contributed by atoms with Gasteiger partial charge in [0.05, 0.1) is 5.52 Å². The van der Waals surface area contributed by atoms with E-state index >= 15 is 0 Å². The normalized spacial score (nSPS) is 12.5. The molecule has 3 aromatic rings. The van der Waals surface area contributed by atoms with Crippen LogP contribution in [0.3, 0.4) is 0 Å². The van der Waals surface area contributed by atoms with Crippen LogP contribution in [0.2, 0.25) is 0 Å². The molecule has 0 amide bonds. The van der Waals surface area contributed by atoms with Crippen LogP contribution in [0.4, 0.5) is 0 Å². The highest BCUT2D eigenvalue weighted by atomic mass is 14.9. The third kappa shape index (κ3) is 2.96. The fraction of sp³-hybridized carbons (Fsp3) is 0.211. The molecule has 1 N–H and O–H groups in total. The molecule has 2 nitrogen and oxygen atoms in total. The van der Waals surface area contributed by atoms with E-state index in [2.05, 4.69) is 71.8 Å². The van der Waals surface area contributed by atoms with Crippen molar-refractivity contribution >= 4 is 10.9 Å². The molecule has 106 valence electrons. The topological polar surface area (TPSA) is 24.9 Å². The second-order valence-corrected chi connectivity index (χ2v) is 5.40. The highest BCUT2D eigenvalue weighted by Gasteiger charge is 2.12. The Morgan fingerprint density at radius 2 is 1.71 bits per heavy atom. The van der Waals surface area contributed by atoms with Crippen molar-refractivity contribution in [3.05, 3.63) is 77.5 Å². The molecule has 1 unspecified atom stereocenters. The summed E-state index contributed by atoms with van der Waals surface area (Å²) in [7, 11) is 2.02. The number of likely N-dealkylation sites (N-methyl/N-ethyl adjacent to an activating group) is 1. The Morgan fingerprint density at radius 3 is 2.48 bits per heavy atom. The maximum absolute atomic E-state index is 4.62. The number of benzene rings is 2. The number of para-hydroxylation sites is 1. The third-order valence-corrected chi connectivity index (χ3v) is 3.90. The van der Waals surface area contributed by atoms with E-state index in [1.165, 1.54) is 16.5 Å². The van der Waals surface area contributed by atoms with E-state index in [4.69, 9.17) is 0 Å². The zero-order valence-electron chi connectivity index (χ0n) is 12.5. The van der Waals surface area contributed by atoms with Gasteiger partial charge < -0.3 is 5.32 Å². The minimum atomic E-state index is 0.316. The number of aryl methyl sites for hydroxylation is 1. The van der Waals surface area contributed by atoms with Crippen LogP contribution < -0.4 is 5.32 Å². The molecule has 0 aliphatic rings. The molecule has 21 heavy (non-hydrogen) atoms. The highest BCUT2D eigenvalue weighted by Crippen LogP contribution is 2.24. The molecule has 0 radical (unpaired) electrons. The Hall–Kier alpha value is -2.19. The van der Waals surface area contributed by atoms with Crippen molar-refractivity contribution < 1.29 is 0 Å². The first kappa shape index (κ1) is 13.8. The van der Waals surface area contributed by atoms with Crippen molar-refractivity contribution in [3.8, 4) is 0 Å². The van der Waals surface area contributed by atoms with E-state index in [1.807, 2.05) is 13.1 Å². The molecule has 0 saturated heterocycles. The number of aromatic nitrogens is 1.